The maximum Gasteiger partial charge on any atom is 0.219 e. The molecule has 0 saturated heterocycles. The quantitative estimate of drug-likeness (QED) is 0.256. The summed E-state index contributed by atoms with van der Waals surface area (Å²) in [6.07, 6.45) is 1.34. The highest BCUT2D eigenvalue weighted by atomic mass is 32.2. The Bertz CT molecular complexity index is 1690. The van der Waals surface area contributed by atoms with E-state index in [9.17, 15) is 22.9 Å². The van der Waals surface area contributed by atoms with Crippen LogP contribution in [0.25, 0.3) is 21.5 Å². The Morgan fingerprint density at radius 2 is 2.05 bits per heavy atom. The Morgan fingerprint density at radius 3 is 2.72 bits per heavy atom. The molecule has 0 aliphatic heterocycles. The second kappa shape index (κ2) is 11.4. The molecule has 3 aromatic heterocycles. The van der Waals surface area contributed by atoms with Crippen LogP contribution in [0.1, 0.15) is 29.2 Å². The Kier molecular flexibility index (Phi) is 8.14. The third kappa shape index (κ3) is 5.70. The summed E-state index contributed by atoms with van der Waals surface area (Å²) in [5.74, 6) is 0.0215. The van der Waals surface area contributed by atoms with Crippen LogP contribution in [0.4, 0.5) is 10.2 Å². The van der Waals surface area contributed by atoms with Gasteiger partial charge in [0.2, 0.25) is 10.0 Å². The van der Waals surface area contributed by atoms with Crippen molar-refractivity contribution in [2.24, 2.45) is 5.14 Å². The van der Waals surface area contributed by atoms with Crippen LogP contribution >= 0.6 is 11.3 Å². The Hall–Kier alpha value is -4.06. The topological polar surface area (TPSA) is 162 Å². The number of sulfonamides is 1. The summed E-state index contributed by atoms with van der Waals surface area (Å²) >= 11 is 1.04. The molecule has 204 valence electrons. The Labute approximate surface area is 228 Å². The number of anilines is 1. The molecule has 14 heteroatoms. The van der Waals surface area contributed by atoms with E-state index in [1.807, 2.05) is 0 Å². The van der Waals surface area contributed by atoms with Crippen LogP contribution in [0.2, 0.25) is 0 Å². The molecule has 3 heterocycles. The molecule has 0 saturated carbocycles. The number of rotatable bonds is 11. The fourth-order valence-corrected chi connectivity index (χ4v) is 5.56. The van der Waals surface area contributed by atoms with Crippen LogP contribution in [0.5, 0.6) is 11.5 Å². The average molecular weight is 573 g/mol. The van der Waals surface area contributed by atoms with Crippen molar-refractivity contribution in [2.45, 2.75) is 25.6 Å². The average Bonchev–Trinajstić information content (AvgIpc) is 3.50. The van der Waals surface area contributed by atoms with Crippen LogP contribution in [-0.4, -0.2) is 54.2 Å². The number of Topliss-reactive ketones (excluding diaryl/α,β-unsaturated/α-hetero) is 1. The van der Waals surface area contributed by atoms with Gasteiger partial charge < -0.3 is 19.4 Å². The predicted molar refractivity (Wildman–Crippen MR) is 145 cm³/mol. The molecule has 4 rings (SSSR count). The van der Waals surface area contributed by atoms with Gasteiger partial charge in [-0.2, -0.15) is 5.26 Å². The summed E-state index contributed by atoms with van der Waals surface area (Å²) in [4.78, 5) is 22.0. The smallest absolute Gasteiger partial charge is 0.219 e. The second-order valence-corrected chi connectivity index (χ2v) is 11.3. The van der Waals surface area contributed by atoms with Gasteiger partial charge in [-0.25, -0.2) is 27.9 Å². The number of nitriles is 1. The number of nitrogens with zero attached hydrogens (tertiary/aromatic N) is 4. The third-order valence-electron chi connectivity index (χ3n) is 5.95. The number of aromatic nitrogens is 3. The molecule has 0 aliphatic rings. The minimum absolute atomic E-state index is 0.127. The molecule has 39 heavy (non-hydrogen) atoms. The minimum atomic E-state index is -4.09. The van der Waals surface area contributed by atoms with Crippen molar-refractivity contribution in [1.82, 2.24) is 14.5 Å². The van der Waals surface area contributed by atoms with E-state index in [0.29, 0.717) is 34.1 Å². The summed E-state index contributed by atoms with van der Waals surface area (Å²) in [7, 11) is -2.60. The van der Waals surface area contributed by atoms with Gasteiger partial charge in [-0.1, -0.05) is 0 Å². The highest BCUT2D eigenvalue weighted by Gasteiger charge is 2.30. The monoisotopic (exact) mass is 572 g/mol. The largest absolute Gasteiger partial charge is 0.496 e. The molecule has 4 aromatic rings. The van der Waals surface area contributed by atoms with Crippen LogP contribution < -0.4 is 19.9 Å². The van der Waals surface area contributed by atoms with Gasteiger partial charge in [-0.05, 0) is 32.0 Å². The molecule has 3 N–H and O–H groups in total. The highest BCUT2D eigenvalue weighted by molar-refractivity contribution is 7.90. The van der Waals surface area contributed by atoms with Gasteiger partial charge in [0.05, 0.1) is 29.8 Å². The number of hydrogen-bond acceptors (Lipinski definition) is 10. The SMILES string of the molecule is CCOc1cc(-c2cc(NCCn3c(C#N)cc4c(OC)ccc(F)c43)ncn2)sc1C(=O)C(C)S(N)(=O)=O. The van der Waals surface area contributed by atoms with Crippen molar-refractivity contribution in [2.75, 3.05) is 25.6 Å². The molecular formula is C25H25FN6O5S2. The summed E-state index contributed by atoms with van der Waals surface area (Å²) < 4.78 is 50.6. The summed E-state index contributed by atoms with van der Waals surface area (Å²) in [6.45, 7) is 3.80. The van der Waals surface area contributed by atoms with Crippen molar-refractivity contribution < 1.29 is 27.1 Å². The van der Waals surface area contributed by atoms with E-state index in [1.54, 1.807) is 29.7 Å². The van der Waals surface area contributed by atoms with Gasteiger partial charge in [-0.3, -0.25) is 4.79 Å². The zero-order chi connectivity index (χ0) is 28.3. The van der Waals surface area contributed by atoms with E-state index < -0.39 is 26.9 Å². The lowest BCUT2D eigenvalue weighted by atomic mass is 10.2. The lowest BCUT2D eigenvalue weighted by molar-refractivity contribution is 0.0992. The first-order valence-corrected chi connectivity index (χ1v) is 14.2. The van der Waals surface area contributed by atoms with Gasteiger partial charge in [0.15, 0.2) is 5.78 Å². The zero-order valence-corrected chi connectivity index (χ0v) is 22.9. The molecule has 1 atom stereocenters. The van der Waals surface area contributed by atoms with E-state index in [2.05, 4.69) is 21.4 Å². The summed E-state index contributed by atoms with van der Waals surface area (Å²) in [6, 6.07) is 9.76. The van der Waals surface area contributed by atoms with Gasteiger partial charge in [0, 0.05) is 30.6 Å². The Balaban J connectivity index is 1.57. The van der Waals surface area contributed by atoms with Gasteiger partial charge >= 0.3 is 0 Å². The number of nitrogens with two attached hydrogens (primary N) is 1. The fraction of sp³-hybridized carbons (Fsp3) is 0.280. The van der Waals surface area contributed by atoms with Crippen molar-refractivity contribution in [3.8, 4) is 28.1 Å². The van der Waals surface area contributed by atoms with Crippen molar-refractivity contribution in [3.63, 3.8) is 0 Å². The van der Waals surface area contributed by atoms with Crippen LogP contribution in [0, 0.1) is 17.1 Å². The molecule has 1 aromatic carbocycles. The van der Waals surface area contributed by atoms with E-state index >= 15 is 0 Å². The normalized spacial score (nSPS) is 12.2. The number of thiophene rings is 1. The van der Waals surface area contributed by atoms with Crippen molar-refractivity contribution in [1.29, 1.82) is 5.26 Å². The number of ether oxygens (including phenoxy) is 2. The molecule has 11 nitrogen and oxygen atoms in total. The first kappa shape index (κ1) is 28.0. The number of methoxy groups -OCH3 is 1. The van der Waals surface area contributed by atoms with Crippen molar-refractivity contribution in [3.05, 3.63) is 53.0 Å². The van der Waals surface area contributed by atoms with Gasteiger partial charge in [0.25, 0.3) is 0 Å². The summed E-state index contributed by atoms with van der Waals surface area (Å²) in [5.41, 5.74) is 1.02. The number of carbonyl (C=O) groups excluding carboxylic acids is 1. The molecular weight excluding hydrogens is 547 g/mol. The van der Waals surface area contributed by atoms with Crippen LogP contribution in [-0.2, 0) is 16.6 Å². The maximum absolute atomic E-state index is 14.7. The van der Waals surface area contributed by atoms with Crippen LogP contribution in [0.15, 0.2) is 36.7 Å². The molecule has 0 aliphatic carbocycles. The number of hydrogen-bond donors (Lipinski definition) is 2. The number of nitrogens with one attached hydrogen (secondary N) is 1. The van der Waals surface area contributed by atoms with Gasteiger partial charge in [-0.15, -0.1) is 11.3 Å². The predicted octanol–water partition coefficient (Wildman–Crippen LogP) is 3.55. The van der Waals surface area contributed by atoms with E-state index in [1.165, 1.54) is 32.5 Å². The molecule has 0 fully saturated rings. The number of halogens is 1. The van der Waals surface area contributed by atoms with E-state index in [-0.39, 0.29) is 35.0 Å². The van der Waals surface area contributed by atoms with Crippen molar-refractivity contribution >= 4 is 43.9 Å². The van der Waals surface area contributed by atoms with E-state index in [4.69, 9.17) is 14.6 Å². The summed E-state index contributed by atoms with van der Waals surface area (Å²) in [5, 5.41) is 17.0. The molecule has 1 unspecified atom stereocenters. The molecule has 0 amide bonds. The number of benzene rings is 1. The maximum atomic E-state index is 14.7. The molecule has 0 radical (unpaired) electrons. The third-order valence-corrected chi connectivity index (χ3v) is 8.30. The second-order valence-electron chi connectivity index (χ2n) is 8.35. The van der Waals surface area contributed by atoms with Gasteiger partial charge in [0.1, 0.15) is 51.4 Å². The lowest BCUT2D eigenvalue weighted by Crippen LogP contribution is -2.32. The van der Waals surface area contributed by atoms with E-state index in [0.717, 1.165) is 11.3 Å². The first-order valence-electron chi connectivity index (χ1n) is 11.7. The number of carbonyl (C=O) groups is 1. The fourth-order valence-electron chi connectivity index (χ4n) is 3.97. The molecule has 0 bridgehead atoms. The first-order chi connectivity index (χ1) is 18.6. The Morgan fingerprint density at radius 1 is 1.28 bits per heavy atom. The highest BCUT2D eigenvalue weighted by Crippen LogP contribution is 2.37. The molecule has 0 spiro atoms. The zero-order valence-electron chi connectivity index (χ0n) is 21.3. The number of primary sulfonamides is 1. The standard InChI is InChI=1S/C25H25FN6O5S2/c1-4-37-20-11-21(38-25(20)24(33)14(2)39(28,34)35)18-10-22(31-13-30-18)29-7-8-32-15(12-27)9-16-19(36-3)6-5-17(26)23(16)32/h5-6,9-11,13-14H,4,7-8H2,1-3H3,(H2,28,34,35)(H,29,30,31). The number of fused-ring (bicyclic) bond motifs is 1. The lowest BCUT2D eigenvalue weighted by Gasteiger charge is -2.11. The minimum Gasteiger partial charge on any atom is -0.496 e. The van der Waals surface area contributed by atoms with Crippen LogP contribution in [0.3, 0.4) is 0 Å². The number of ketones is 1.